The second-order valence-electron chi connectivity index (χ2n) is 13.7. The van der Waals surface area contributed by atoms with Gasteiger partial charge in [0.05, 0.1) is 27.8 Å². The van der Waals surface area contributed by atoms with E-state index in [9.17, 15) is 0 Å². The fourth-order valence-corrected chi connectivity index (χ4v) is 8.44. The van der Waals surface area contributed by atoms with Gasteiger partial charge in [-0.3, -0.25) is 4.57 Å². The monoisotopic (exact) mass is 664 g/mol. The topological polar surface area (TPSA) is 35.6 Å². The molecule has 1 aliphatic rings. The number of aromatic nitrogens is 4. The average molecular weight is 665 g/mol. The van der Waals surface area contributed by atoms with Crippen molar-refractivity contribution in [3.8, 4) is 34.0 Å². The van der Waals surface area contributed by atoms with Crippen LogP contribution in [0.1, 0.15) is 17.7 Å². The molecule has 0 amide bonds. The molecule has 11 rings (SSSR count). The van der Waals surface area contributed by atoms with Crippen LogP contribution >= 0.6 is 0 Å². The second-order valence-corrected chi connectivity index (χ2v) is 13.7. The number of hydrogen-bond acceptors (Lipinski definition) is 2. The fourth-order valence-electron chi connectivity index (χ4n) is 8.44. The Bertz CT molecular complexity index is 3060. The molecule has 7 aromatic carbocycles. The molecule has 0 saturated carbocycles. The van der Waals surface area contributed by atoms with E-state index in [1.165, 1.54) is 60.5 Å². The summed E-state index contributed by atoms with van der Waals surface area (Å²) in [5.41, 5.74) is 12.6. The minimum absolute atomic E-state index is 0.668. The standard InChI is InChI=1S/C48H32N4/c1-3-14-32(15-4-1)47-39-20-9-11-21-41(39)49-48(50-47)52-43-27-25-33(29-40(43)46-36-18-8-7-13-31(36)24-28-44(46)52)34-23-26-38-37-19-10-12-22-42(37)51(45(38)30-34)35-16-5-2-6-17-35/h1-11,13-21,23-30H,12,22H2. The molecule has 0 spiro atoms. The fraction of sp³-hybridized carbons (Fsp3) is 0.0417. The SMILES string of the molecule is C1=Cc2c(n(-c3ccccc3)c3cc(-c4ccc5c(c4)c4c6ccccc6ccc4n5-c4nc(-c5ccccc5)c5ccccc5n4)ccc23)CC1. The van der Waals surface area contributed by atoms with Gasteiger partial charge in [-0.05, 0) is 77.2 Å². The van der Waals surface area contributed by atoms with E-state index in [2.05, 4.69) is 173 Å². The molecule has 0 N–H and O–H groups in total. The number of fused-ring (bicyclic) bond motifs is 9. The van der Waals surface area contributed by atoms with Crippen LogP contribution in [-0.4, -0.2) is 19.1 Å². The van der Waals surface area contributed by atoms with Crippen molar-refractivity contribution in [2.24, 2.45) is 0 Å². The predicted octanol–water partition coefficient (Wildman–Crippen LogP) is 12.1. The van der Waals surface area contributed by atoms with Crippen LogP contribution in [0.4, 0.5) is 0 Å². The second kappa shape index (κ2) is 11.4. The molecule has 0 radical (unpaired) electrons. The van der Waals surface area contributed by atoms with Crippen molar-refractivity contribution in [1.29, 1.82) is 0 Å². The molecule has 244 valence electrons. The first kappa shape index (κ1) is 29.0. The van der Waals surface area contributed by atoms with Crippen molar-refractivity contribution in [2.75, 3.05) is 0 Å². The number of allylic oxidation sites excluding steroid dienone is 1. The molecule has 3 heterocycles. The van der Waals surface area contributed by atoms with Crippen LogP contribution < -0.4 is 0 Å². The van der Waals surface area contributed by atoms with E-state index in [1.54, 1.807) is 0 Å². The van der Waals surface area contributed by atoms with Crippen LogP contribution in [0.15, 0.2) is 164 Å². The molecule has 0 saturated heterocycles. The smallest absolute Gasteiger partial charge is 0.235 e. The summed E-state index contributed by atoms with van der Waals surface area (Å²) < 4.78 is 4.72. The molecule has 0 bridgehead atoms. The number of nitrogens with zero attached hydrogens (tertiary/aromatic N) is 4. The Labute approximate surface area is 300 Å². The van der Waals surface area contributed by atoms with Crippen molar-refractivity contribution < 1.29 is 0 Å². The molecule has 52 heavy (non-hydrogen) atoms. The summed E-state index contributed by atoms with van der Waals surface area (Å²) in [4.78, 5) is 10.5. The molecule has 0 fully saturated rings. The minimum Gasteiger partial charge on any atom is -0.313 e. The Morgan fingerprint density at radius 2 is 1.21 bits per heavy atom. The Hall–Kier alpha value is -6.78. The van der Waals surface area contributed by atoms with Crippen LogP contribution in [0, 0.1) is 0 Å². The van der Waals surface area contributed by atoms with E-state index >= 15 is 0 Å². The van der Waals surface area contributed by atoms with Crippen molar-refractivity contribution >= 4 is 60.5 Å². The average Bonchev–Trinajstić information content (AvgIpc) is 3.73. The van der Waals surface area contributed by atoms with Crippen LogP contribution in [0.25, 0.3) is 94.5 Å². The first-order valence-electron chi connectivity index (χ1n) is 18.0. The van der Waals surface area contributed by atoms with Gasteiger partial charge in [0.25, 0.3) is 0 Å². The van der Waals surface area contributed by atoms with E-state index in [0.29, 0.717) is 5.95 Å². The summed E-state index contributed by atoms with van der Waals surface area (Å²) in [6.45, 7) is 0. The summed E-state index contributed by atoms with van der Waals surface area (Å²) in [5, 5.41) is 7.16. The maximum Gasteiger partial charge on any atom is 0.235 e. The lowest BCUT2D eigenvalue weighted by Gasteiger charge is -2.13. The quantitative estimate of drug-likeness (QED) is 0.188. The van der Waals surface area contributed by atoms with Gasteiger partial charge >= 0.3 is 0 Å². The first-order chi connectivity index (χ1) is 25.8. The van der Waals surface area contributed by atoms with Crippen LogP contribution in [0.5, 0.6) is 0 Å². The van der Waals surface area contributed by atoms with Crippen molar-refractivity contribution in [3.63, 3.8) is 0 Å². The number of rotatable bonds is 4. The zero-order chi connectivity index (χ0) is 34.2. The lowest BCUT2D eigenvalue weighted by atomic mass is 9.98. The van der Waals surface area contributed by atoms with Crippen LogP contribution in [-0.2, 0) is 6.42 Å². The molecular formula is C48H32N4. The molecule has 4 heteroatoms. The Balaban J connectivity index is 1.18. The summed E-state index contributed by atoms with van der Waals surface area (Å²) in [6, 6.07) is 56.6. The molecule has 10 aromatic rings. The lowest BCUT2D eigenvalue weighted by Crippen LogP contribution is -2.03. The van der Waals surface area contributed by atoms with E-state index in [1.807, 2.05) is 6.07 Å². The molecular weight excluding hydrogens is 633 g/mol. The Morgan fingerprint density at radius 1 is 0.481 bits per heavy atom. The normalized spacial score (nSPS) is 12.8. The van der Waals surface area contributed by atoms with E-state index in [-0.39, 0.29) is 0 Å². The van der Waals surface area contributed by atoms with E-state index < -0.39 is 0 Å². The molecule has 0 aliphatic heterocycles. The summed E-state index contributed by atoms with van der Waals surface area (Å²) in [6.07, 6.45) is 6.71. The third-order valence-corrected chi connectivity index (χ3v) is 10.8. The molecule has 0 unspecified atom stereocenters. The molecule has 1 aliphatic carbocycles. The van der Waals surface area contributed by atoms with Gasteiger partial charge in [-0.15, -0.1) is 0 Å². The summed E-state index contributed by atoms with van der Waals surface area (Å²) in [5.74, 6) is 0.668. The highest BCUT2D eigenvalue weighted by atomic mass is 15.2. The minimum atomic E-state index is 0.668. The highest BCUT2D eigenvalue weighted by Gasteiger charge is 2.21. The highest BCUT2D eigenvalue weighted by Crippen LogP contribution is 2.41. The largest absolute Gasteiger partial charge is 0.313 e. The van der Waals surface area contributed by atoms with Gasteiger partial charge in [-0.2, -0.15) is 0 Å². The lowest BCUT2D eigenvalue weighted by molar-refractivity contribution is 0.888. The van der Waals surface area contributed by atoms with Gasteiger partial charge in [-0.1, -0.05) is 127 Å². The van der Waals surface area contributed by atoms with Gasteiger partial charge in [0.2, 0.25) is 5.95 Å². The summed E-state index contributed by atoms with van der Waals surface area (Å²) >= 11 is 0. The predicted molar refractivity (Wildman–Crippen MR) is 216 cm³/mol. The number of benzene rings is 7. The van der Waals surface area contributed by atoms with Crippen molar-refractivity contribution in [1.82, 2.24) is 19.1 Å². The number of hydrogen-bond donors (Lipinski definition) is 0. The van der Waals surface area contributed by atoms with Crippen LogP contribution in [0.2, 0.25) is 0 Å². The van der Waals surface area contributed by atoms with Gasteiger partial charge in [-0.25, -0.2) is 9.97 Å². The zero-order valence-corrected chi connectivity index (χ0v) is 28.4. The highest BCUT2D eigenvalue weighted by molar-refractivity contribution is 6.22. The molecule has 0 atom stereocenters. The third kappa shape index (κ3) is 4.34. The van der Waals surface area contributed by atoms with E-state index in [0.717, 1.165) is 46.0 Å². The van der Waals surface area contributed by atoms with Gasteiger partial charge in [0.1, 0.15) is 0 Å². The number of para-hydroxylation sites is 2. The van der Waals surface area contributed by atoms with Gasteiger partial charge in [0, 0.05) is 44.1 Å². The van der Waals surface area contributed by atoms with Crippen molar-refractivity contribution in [3.05, 3.63) is 175 Å². The van der Waals surface area contributed by atoms with Crippen molar-refractivity contribution in [2.45, 2.75) is 12.8 Å². The van der Waals surface area contributed by atoms with Crippen LogP contribution in [0.3, 0.4) is 0 Å². The first-order valence-corrected chi connectivity index (χ1v) is 18.0. The zero-order valence-electron chi connectivity index (χ0n) is 28.4. The molecule has 4 nitrogen and oxygen atoms in total. The molecule has 3 aromatic heterocycles. The summed E-state index contributed by atoms with van der Waals surface area (Å²) in [7, 11) is 0. The van der Waals surface area contributed by atoms with E-state index in [4.69, 9.17) is 9.97 Å². The Kier molecular flexibility index (Phi) is 6.34. The maximum atomic E-state index is 5.32. The maximum absolute atomic E-state index is 5.32. The van der Waals surface area contributed by atoms with Gasteiger partial charge < -0.3 is 4.57 Å². The van der Waals surface area contributed by atoms with Gasteiger partial charge in [0.15, 0.2) is 0 Å². The Morgan fingerprint density at radius 3 is 2.10 bits per heavy atom. The third-order valence-electron chi connectivity index (χ3n) is 10.8.